The lowest BCUT2D eigenvalue weighted by molar-refractivity contribution is -0.154. The maximum atomic E-state index is 12.5. The molecule has 0 aromatic carbocycles. The zero-order valence-electron chi connectivity index (χ0n) is 11.4. The van der Waals surface area contributed by atoms with E-state index in [1.54, 1.807) is 26.4 Å². The van der Waals surface area contributed by atoms with E-state index >= 15 is 0 Å². The van der Waals surface area contributed by atoms with Crippen LogP contribution < -0.4 is 0 Å². The van der Waals surface area contributed by atoms with Crippen LogP contribution in [0.15, 0.2) is 0 Å². The molecule has 0 saturated heterocycles. The molecule has 0 fully saturated rings. The molecule has 0 rings (SSSR count). The van der Waals surface area contributed by atoms with Crippen molar-refractivity contribution in [2.75, 3.05) is 0 Å². The van der Waals surface area contributed by atoms with E-state index in [2.05, 4.69) is 0 Å². The minimum Gasteiger partial charge on any atom is -0.413 e. The summed E-state index contributed by atoms with van der Waals surface area (Å²) >= 11 is 0. The van der Waals surface area contributed by atoms with E-state index in [-0.39, 0.29) is 5.78 Å². The monoisotopic (exact) mass is 252 g/mol. The van der Waals surface area contributed by atoms with Crippen molar-refractivity contribution in [3.8, 4) is 12.5 Å². The lowest BCUT2D eigenvalue weighted by atomic mass is 9.82. The van der Waals surface area contributed by atoms with E-state index in [1.807, 2.05) is 13.8 Å². The van der Waals surface area contributed by atoms with Crippen molar-refractivity contribution in [2.24, 2.45) is 0 Å². The Morgan fingerprint density at radius 2 is 1.33 bits per heavy atom. The number of nitrogens with zero attached hydrogens (tertiary/aromatic N) is 2. The fraction of sp³-hybridized carbons (Fsp3) is 0.769. The highest BCUT2D eigenvalue weighted by atomic mass is 16.5. The van der Waals surface area contributed by atoms with Gasteiger partial charge in [0.2, 0.25) is 5.78 Å². The van der Waals surface area contributed by atoms with Crippen molar-refractivity contribution in [1.82, 2.24) is 0 Å². The van der Waals surface area contributed by atoms with Crippen LogP contribution in [-0.4, -0.2) is 17.0 Å². The highest BCUT2D eigenvalue weighted by molar-refractivity contribution is 5.94. The molecule has 0 aromatic rings. The number of nitriles is 2. The predicted molar refractivity (Wildman–Crippen MR) is 65.0 cm³/mol. The second kappa shape index (κ2) is 6.86. The van der Waals surface area contributed by atoms with Crippen LogP contribution >= 0.6 is 0 Å². The maximum absolute atomic E-state index is 12.5. The molecule has 2 unspecified atom stereocenters. The predicted octanol–water partition coefficient (Wildman–Crippen LogP) is 2.67. The van der Waals surface area contributed by atoms with E-state index in [1.165, 1.54) is 0 Å². The van der Waals surface area contributed by atoms with Gasteiger partial charge in [-0.3, -0.25) is 4.79 Å². The van der Waals surface area contributed by atoms with Crippen molar-refractivity contribution in [3.63, 3.8) is 0 Å². The molecule has 18 heavy (non-hydrogen) atoms. The molecule has 5 nitrogen and oxygen atoms in total. The van der Waals surface area contributed by atoms with Gasteiger partial charge in [-0.25, -0.2) is 0 Å². The highest BCUT2D eigenvalue weighted by Gasteiger charge is 2.48. The van der Waals surface area contributed by atoms with Gasteiger partial charge in [0.25, 0.3) is 12.5 Å². The minimum absolute atomic E-state index is 0.359. The average molecular weight is 252 g/mol. The lowest BCUT2D eigenvalue weighted by Crippen LogP contribution is -2.51. The number of rotatable bonds is 8. The summed E-state index contributed by atoms with van der Waals surface area (Å²) in [4.78, 5) is 12.5. The highest BCUT2D eigenvalue weighted by Crippen LogP contribution is 2.30. The third kappa shape index (κ3) is 3.63. The fourth-order valence-electron chi connectivity index (χ4n) is 2.14. The lowest BCUT2D eigenvalue weighted by Gasteiger charge is -2.33. The molecule has 0 aliphatic carbocycles. The van der Waals surface area contributed by atoms with E-state index in [9.17, 15) is 4.79 Å². The zero-order chi connectivity index (χ0) is 14.2. The number of hydrogen-bond donors (Lipinski definition) is 0. The van der Waals surface area contributed by atoms with E-state index in [4.69, 9.17) is 20.0 Å². The molecule has 0 radical (unpaired) electrons. The molecule has 0 aliphatic rings. The molecule has 0 heterocycles. The summed E-state index contributed by atoms with van der Waals surface area (Å²) in [5, 5.41) is 17.3. The number of hydrogen-bond acceptors (Lipinski definition) is 5. The maximum Gasteiger partial charge on any atom is 0.287 e. The third-order valence-corrected chi connectivity index (χ3v) is 2.96. The molecular weight excluding hydrogens is 232 g/mol. The molecule has 5 heteroatoms. The van der Waals surface area contributed by atoms with E-state index in [0.29, 0.717) is 25.7 Å². The molecule has 100 valence electrons. The van der Waals surface area contributed by atoms with Gasteiger partial charge in [0.05, 0.1) is 0 Å². The molecule has 0 saturated carbocycles. The number of Topliss-reactive ketones (excluding diaryl/α,β-unsaturated/α-hetero) is 1. The third-order valence-electron chi connectivity index (χ3n) is 2.96. The van der Waals surface area contributed by atoms with E-state index in [0.717, 1.165) is 0 Å². The first kappa shape index (κ1) is 16.2. The smallest absolute Gasteiger partial charge is 0.287 e. The first-order chi connectivity index (χ1) is 8.40. The van der Waals surface area contributed by atoms with Crippen LogP contribution in [0.1, 0.15) is 53.4 Å². The molecule has 2 atom stereocenters. The average Bonchev–Trinajstić information content (AvgIpc) is 2.29. The normalized spacial score (nSPS) is 16.6. The van der Waals surface area contributed by atoms with Crippen molar-refractivity contribution in [2.45, 2.75) is 64.6 Å². The van der Waals surface area contributed by atoms with Gasteiger partial charge < -0.3 is 9.47 Å². The summed E-state index contributed by atoms with van der Waals surface area (Å²) in [6.07, 6.45) is 5.35. The van der Waals surface area contributed by atoms with Crippen LogP contribution in [0.2, 0.25) is 0 Å². The second-order valence-electron chi connectivity index (χ2n) is 4.68. The van der Waals surface area contributed by atoms with Gasteiger partial charge >= 0.3 is 0 Å². The standard InChI is InChI=1S/C13H20N2O3/c1-5-7-12(3,17-9-14)11(16)13(4,8-6-2)18-10-15/h5-8H2,1-4H3. The van der Waals surface area contributed by atoms with Gasteiger partial charge in [0.15, 0.2) is 11.2 Å². The van der Waals surface area contributed by atoms with Crippen LogP contribution in [-0.2, 0) is 14.3 Å². The Morgan fingerprint density at radius 1 is 1.00 bits per heavy atom. The van der Waals surface area contributed by atoms with Crippen molar-refractivity contribution < 1.29 is 14.3 Å². The first-order valence-electron chi connectivity index (χ1n) is 6.09. The minimum atomic E-state index is -1.23. The Balaban J connectivity index is 5.27. The Morgan fingerprint density at radius 3 is 1.56 bits per heavy atom. The van der Waals surface area contributed by atoms with Crippen molar-refractivity contribution in [3.05, 3.63) is 0 Å². The molecule has 0 spiro atoms. The summed E-state index contributed by atoms with van der Waals surface area (Å²) in [6, 6.07) is 0. The molecule has 0 bridgehead atoms. The Labute approximate surface area is 108 Å². The van der Waals surface area contributed by atoms with Crippen LogP contribution in [0.5, 0.6) is 0 Å². The number of ether oxygens (including phenoxy) is 2. The second-order valence-corrected chi connectivity index (χ2v) is 4.68. The molecule has 0 N–H and O–H groups in total. The van der Waals surface area contributed by atoms with Crippen LogP contribution in [0.3, 0.4) is 0 Å². The summed E-state index contributed by atoms with van der Waals surface area (Å²) in [7, 11) is 0. The molecule has 0 aromatic heterocycles. The summed E-state index contributed by atoms with van der Waals surface area (Å²) in [6.45, 7) is 6.93. The first-order valence-corrected chi connectivity index (χ1v) is 6.09. The van der Waals surface area contributed by atoms with Crippen LogP contribution in [0.4, 0.5) is 0 Å². The van der Waals surface area contributed by atoms with Gasteiger partial charge in [-0.05, 0) is 26.7 Å². The number of ketones is 1. The van der Waals surface area contributed by atoms with Crippen LogP contribution in [0, 0.1) is 23.0 Å². The van der Waals surface area contributed by atoms with Crippen LogP contribution in [0.25, 0.3) is 0 Å². The van der Waals surface area contributed by atoms with Gasteiger partial charge in [-0.1, -0.05) is 26.7 Å². The van der Waals surface area contributed by atoms with E-state index < -0.39 is 11.2 Å². The fourth-order valence-corrected chi connectivity index (χ4v) is 2.14. The van der Waals surface area contributed by atoms with Gasteiger partial charge in [0.1, 0.15) is 0 Å². The molecular formula is C13H20N2O3. The summed E-state index contributed by atoms with van der Waals surface area (Å²) in [5.41, 5.74) is -2.46. The Hall–Kier alpha value is -1.75. The quantitative estimate of drug-likeness (QED) is 0.620. The Bertz CT molecular complexity index is 335. The summed E-state index contributed by atoms with van der Waals surface area (Å²) in [5.74, 6) is -0.359. The Kier molecular flexibility index (Phi) is 6.19. The number of carbonyl (C=O) groups is 1. The topological polar surface area (TPSA) is 83.1 Å². The van der Waals surface area contributed by atoms with Gasteiger partial charge in [0, 0.05) is 0 Å². The number of carbonyl (C=O) groups excluding carboxylic acids is 1. The van der Waals surface area contributed by atoms with Gasteiger partial charge in [-0.2, -0.15) is 10.5 Å². The van der Waals surface area contributed by atoms with Gasteiger partial charge in [-0.15, -0.1) is 0 Å². The largest absolute Gasteiger partial charge is 0.413 e. The molecule has 0 aliphatic heterocycles. The van der Waals surface area contributed by atoms with Crippen molar-refractivity contribution >= 4 is 5.78 Å². The molecule has 0 amide bonds. The zero-order valence-corrected chi connectivity index (χ0v) is 11.4. The van der Waals surface area contributed by atoms with Crippen molar-refractivity contribution in [1.29, 1.82) is 10.5 Å². The summed E-state index contributed by atoms with van der Waals surface area (Å²) < 4.78 is 9.87. The SMILES string of the molecule is CCCC(C)(OC#N)C(=O)C(C)(CCC)OC#N.